The molecule has 0 heterocycles. The molecule has 0 aromatic carbocycles. The molecule has 0 bridgehead atoms. The third-order valence-electron chi connectivity index (χ3n) is 0. The standard InChI is InChI=1S/ClH.Ho.6H2O/h1H;;6*1H2/q;+1;;;;;;/p-1. The van der Waals surface area contributed by atoms with Gasteiger partial charge in [-0.1, -0.05) is 0 Å². The predicted molar refractivity (Wildman–Crippen MR) is 27.5 cm³/mol. The van der Waals surface area contributed by atoms with Crippen LogP contribution in [0.25, 0.3) is 0 Å². The van der Waals surface area contributed by atoms with Gasteiger partial charge in [0, 0.05) is 0 Å². The summed E-state index contributed by atoms with van der Waals surface area (Å²) in [6.07, 6.45) is 4.58. The average Bonchev–Trinajstić information content (AvgIpc) is 1.00. The van der Waals surface area contributed by atoms with Crippen LogP contribution in [0, 0.1) is 34.3 Å². The minimum absolute atomic E-state index is 0. The second-order valence-electron chi connectivity index (χ2n) is 0. The molecular weight excluding hydrogens is 296 g/mol. The van der Waals surface area contributed by atoms with Crippen LogP contribution in [0.3, 0.4) is 0 Å². The van der Waals surface area contributed by atoms with Crippen molar-refractivity contribution in [3.63, 3.8) is 0 Å². The average molecular weight is 308 g/mol. The second-order valence-corrected chi connectivity index (χ2v) is 0. The maximum absolute atomic E-state index is 4.58. The molecule has 0 atom stereocenters. The number of rotatable bonds is 0. The fourth-order valence-electron chi connectivity index (χ4n) is 0. The molecular formula is H12ClHoO6. The van der Waals surface area contributed by atoms with Crippen molar-refractivity contribution in [1.29, 1.82) is 0 Å². The molecule has 0 unspecified atom stereocenters. The molecule has 0 fully saturated rings. The molecule has 0 saturated carbocycles. The normalized spacial score (nSPS) is 0.875. The van der Waals surface area contributed by atoms with Gasteiger partial charge in [0.1, 0.15) is 0 Å². The molecule has 66 valence electrons. The fourth-order valence-corrected chi connectivity index (χ4v) is 0. The Balaban J connectivity index is -0.000000000333. The summed E-state index contributed by atoms with van der Waals surface area (Å²) < 4.78 is 0. The molecule has 0 aliphatic carbocycles. The molecule has 0 radical (unpaired) electrons. The number of hydrogen-bond acceptors (Lipinski definition) is 0. The first-order valence-electron chi connectivity index (χ1n) is 0.114. The quantitative estimate of drug-likeness (QED) is 0.392. The van der Waals surface area contributed by atoms with Crippen LogP contribution in [0.15, 0.2) is 0 Å². The van der Waals surface area contributed by atoms with Gasteiger partial charge < -0.3 is 32.9 Å². The topological polar surface area (TPSA) is 189 Å². The summed E-state index contributed by atoms with van der Waals surface area (Å²) >= 11 is 1.75. The Morgan fingerprint density at radius 3 is 0.500 bits per heavy atom. The summed E-state index contributed by atoms with van der Waals surface area (Å²) in [4.78, 5) is 0. The molecule has 8 heteroatoms. The van der Waals surface area contributed by atoms with Crippen molar-refractivity contribution in [3.8, 4) is 0 Å². The Morgan fingerprint density at radius 1 is 0.500 bits per heavy atom. The molecule has 0 saturated heterocycles. The van der Waals surface area contributed by atoms with E-state index in [0.29, 0.717) is 0 Å². The van der Waals surface area contributed by atoms with E-state index in [4.69, 9.17) is 0 Å². The van der Waals surface area contributed by atoms with Crippen LogP contribution in [0.2, 0.25) is 0 Å². The molecule has 0 aliphatic heterocycles. The first-order chi connectivity index (χ1) is 1.00. The molecule has 8 heavy (non-hydrogen) atoms. The molecule has 0 rings (SSSR count). The first-order valence-corrected chi connectivity index (χ1v) is 2.54. The van der Waals surface area contributed by atoms with Gasteiger partial charge in [-0.05, 0) is 0 Å². The molecule has 0 aromatic heterocycles. The molecule has 6 nitrogen and oxygen atoms in total. The third kappa shape index (κ3) is 170. The number of halogens is 1. The van der Waals surface area contributed by atoms with Gasteiger partial charge in [0.2, 0.25) is 0 Å². The SMILES string of the molecule is O.O.O.O.O.O.[Cl][Ho]. The van der Waals surface area contributed by atoms with Gasteiger partial charge in [0.25, 0.3) is 0 Å². The zero-order chi connectivity index (χ0) is 2.00. The van der Waals surface area contributed by atoms with Crippen molar-refractivity contribution in [1.82, 2.24) is 0 Å². The van der Waals surface area contributed by atoms with E-state index >= 15 is 0 Å². The fraction of sp³-hybridized carbons (Fsp3) is 0. The Bertz CT molecular complexity index is 8.49. The summed E-state index contributed by atoms with van der Waals surface area (Å²) in [5.41, 5.74) is 0. The van der Waals surface area contributed by atoms with Gasteiger partial charge in [0.15, 0.2) is 0 Å². The van der Waals surface area contributed by atoms with Crippen LogP contribution in [0.1, 0.15) is 0 Å². The van der Waals surface area contributed by atoms with Crippen LogP contribution in [-0.2, 0) is 0 Å². The molecule has 0 aliphatic rings. The molecule has 0 amide bonds. The van der Waals surface area contributed by atoms with Crippen molar-refractivity contribution in [2.24, 2.45) is 0 Å². The Morgan fingerprint density at radius 2 is 0.500 bits per heavy atom. The van der Waals surface area contributed by atoms with Crippen LogP contribution < -0.4 is 0 Å². The maximum atomic E-state index is 4.58. The monoisotopic (exact) mass is 308 g/mol. The van der Waals surface area contributed by atoms with Crippen molar-refractivity contribution >= 4 is 6.39 Å². The van der Waals surface area contributed by atoms with Gasteiger partial charge >= 0.3 is 40.7 Å². The Hall–Kier alpha value is 1.31. The predicted octanol–water partition coefficient (Wildman–Crippen LogP) is -4.26. The Labute approximate surface area is 73.1 Å². The third-order valence-corrected chi connectivity index (χ3v) is 0. The Kier molecular flexibility index (Phi) is 3900. The van der Waals surface area contributed by atoms with Crippen LogP contribution in [0.4, 0.5) is 0 Å². The molecule has 0 aromatic rings. The zero-order valence-corrected chi connectivity index (χ0v) is 6.37. The molecule has 0 spiro atoms. The van der Waals surface area contributed by atoms with Crippen molar-refractivity contribution in [3.05, 3.63) is 0 Å². The zero-order valence-electron chi connectivity index (χ0n) is 3.68. The molecule has 12 N–H and O–H groups in total. The van der Waals surface area contributed by atoms with E-state index in [0.717, 1.165) is 0 Å². The van der Waals surface area contributed by atoms with Crippen LogP contribution >= 0.6 is 6.39 Å². The van der Waals surface area contributed by atoms with Gasteiger partial charge in [-0.2, -0.15) is 0 Å². The van der Waals surface area contributed by atoms with Gasteiger partial charge in [-0.3, -0.25) is 0 Å². The summed E-state index contributed by atoms with van der Waals surface area (Å²) in [6, 6.07) is 0. The second kappa shape index (κ2) is 259. The van der Waals surface area contributed by atoms with Crippen molar-refractivity contribution in [2.75, 3.05) is 0 Å². The first kappa shape index (κ1) is 120. The minimum atomic E-state index is 0. The van der Waals surface area contributed by atoms with E-state index in [1.807, 2.05) is 0 Å². The van der Waals surface area contributed by atoms with Crippen molar-refractivity contribution in [2.45, 2.75) is 0 Å². The van der Waals surface area contributed by atoms with E-state index in [2.05, 4.69) is 6.39 Å². The van der Waals surface area contributed by atoms with Crippen LogP contribution in [0.5, 0.6) is 0 Å². The van der Waals surface area contributed by atoms with Gasteiger partial charge in [-0.25, -0.2) is 0 Å². The van der Waals surface area contributed by atoms with Gasteiger partial charge in [-0.15, -0.1) is 0 Å². The van der Waals surface area contributed by atoms with Gasteiger partial charge in [0.05, 0.1) is 0 Å². The number of hydrogen-bond donors (Lipinski definition) is 0. The van der Waals surface area contributed by atoms with E-state index in [1.54, 1.807) is 34.3 Å². The van der Waals surface area contributed by atoms with Crippen LogP contribution in [-0.4, -0.2) is 32.9 Å². The summed E-state index contributed by atoms with van der Waals surface area (Å²) in [5.74, 6) is 0. The summed E-state index contributed by atoms with van der Waals surface area (Å²) in [7, 11) is 0. The van der Waals surface area contributed by atoms with E-state index < -0.39 is 0 Å². The van der Waals surface area contributed by atoms with E-state index in [1.165, 1.54) is 0 Å². The van der Waals surface area contributed by atoms with E-state index in [9.17, 15) is 0 Å². The summed E-state index contributed by atoms with van der Waals surface area (Å²) in [5, 5.41) is 0. The summed E-state index contributed by atoms with van der Waals surface area (Å²) in [6.45, 7) is 0. The van der Waals surface area contributed by atoms with E-state index in [-0.39, 0.29) is 32.9 Å². The van der Waals surface area contributed by atoms with Crippen molar-refractivity contribution < 1.29 is 67.1 Å².